The summed E-state index contributed by atoms with van der Waals surface area (Å²) in [5.41, 5.74) is 1.71. The van der Waals surface area contributed by atoms with Crippen molar-refractivity contribution in [3.63, 3.8) is 0 Å². The molecular formula is C13H19N3O. The highest BCUT2D eigenvalue weighted by Gasteiger charge is 2.20. The highest BCUT2D eigenvalue weighted by molar-refractivity contribution is 5.76. The molecule has 2 heterocycles. The van der Waals surface area contributed by atoms with Crippen LogP contribution in [0.5, 0.6) is 0 Å². The lowest BCUT2D eigenvalue weighted by molar-refractivity contribution is 0.112. The van der Waals surface area contributed by atoms with E-state index in [4.69, 9.17) is 0 Å². The minimum atomic E-state index is 0.650. The number of hydrogen-bond acceptors (Lipinski definition) is 4. The molecule has 1 aliphatic rings. The summed E-state index contributed by atoms with van der Waals surface area (Å²) < 4.78 is 0. The number of hydrogen-bond donors (Lipinski definition) is 0. The van der Waals surface area contributed by atoms with Crippen molar-refractivity contribution in [1.29, 1.82) is 0 Å². The van der Waals surface area contributed by atoms with Crippen molar-refractivity contribution in [1.82, 2.24) is 9.88 Å². The topological polar surface area (TPSA) is 36.4 Å². The van der Waals surface area contributed by atoms with Crippen LogP contribution in [0, 0.1) is 0 Å². The summed E-state index contributed by atoms with van der Waals surface area (Å²) in [5, 5.41) is 0. The normalized spacial score (nSPS) is 17.5. The van der Waals surface area contributed by atoms with Crippen LogP contribution in [0.15, 0.2) is 18.5 Å². The van der Waals surface area contributed by atoms with E-state index in [1.54, 1.807) is 6.20 Å². The van der Waals surface area contributed by atoms with Gasteiger partial charge in [0.2, 0.25) is 0 Å². The lowest BCUT2D eigenvalue weighted by Crippen LogP contribution is -2.42. The van der Waals surface area contributed by atoms with Crippen LogP contribution in [0.3, 0.4) is 0 Å². The van der Waals surface area contributed by atoms with Gasteiger partial charge in [-0.1, -0.05) is 0 Å². The molecule has 1 saturated heterocycles. The largest absolute Gasteiger partial charge is 0.370 e. The second-order valence-corrected chi connectivity index (χ2v) is 4.78. The zero-order valence-corrected chi connectivity index (χ0v) is 10.5. The Morgan fingerprint density at radius 1 is 1.35 bits per heavy atom. The van der Waals surface area contributed by atoms with E-state index in [0.717, 1.165) is 37.9 Å². The van der Waals surface area contributed by atoms with Crippen LogP contribution in [0.25, 0.3) is 0 Å². The first-order valence-corrected chi connectivity index (χ1v) is 6.02. The first-order chi connectivity index (χ1) is 8.20. The minimum absolute atomic E-state index is 0.650. The number of piperidine rings is 1. The second kappa shape index (κ2) is 5.27. The molecule has 0 spiro atoms. The van der Waals surface area contributed by atoms with Gasteiger partial charge in [-0.15, -0.1) is 0 Å². The Labute approximate surface area is 102 Å². The molecular weight excluding hydrogens is 214 g/mol. The summed E-state index contributed by atoms with van der Waals surface area (Å²) in [5.74, 6) is 0. The quantitative estimate of drug-likeness (QED) is 0.740. The second-order valence-electron chi connectivity index (χ2n) is 4.78. The molecule has 1 aliphatic heterocycles. The van der Waals surface area contributed by atoms with Gasteiger partial charge < -0.3 is 9.80 Å². The molecule has 0 unspecified atom stereocenters. The fourth-order valence-corrected chi connectivity index (χ4v) is 2.32. The van der Waals surface area contributed by atoms with E-state index in [2.05, 4.69) is 28.9 Å². The Morgan fingerprint density at radius 3 is 2.65 bits per heavy atom. The Bertz CT molecular complexity index is 384. The van der Waals surface area contributed by atoms with E-state index in [9.17, 15) is 4.79 Å². The van der Waals surface area contributed by atoms with Crippen molar-refractivity contribution in [2.45, 2.75) is 18.9 Å². The summed E-state index contributed by atoms with van der Waals surface area (Å²) >= 11 is 0. The van der Waals surface area contributed by atoms with Gasteiger partial charge >= 0.3 is 0 Å². The maximum absolute atomic E-state index is 10.7. The molecule has 0 aliphatic carbocycles. The summed E-state index contributed by atoms with van der Waals surface area (Å²) in [7, 11) is 4.27. The molecule has 0 bridgehead atoms. The van der Waals surface area contributed by atoms with E-state index in [-0.39, 0.29) is 0 Å². The molecule has 2 rings (SSSR count). The van der Waals surface area contributed by atoms with Gasteiger partial charge in [0, 0.05) is 30.9 Å². The number of pyridine rings is 1. The average Bonchev–Trinajstić information content (AvgIpc) is 2.39. The fourth-order valence-electron chi connectivity index (χ4n) is 2.32. The van der Waals surface area contributed by atoms with Crippen molar-refractivity contribution in [2.75, 3.05) is 32.1 Å². The molecule has 17 heavy (non-hydrogen) atoms. The Balaban J connectivity index is 2.02. The molecule has 0 aromatic carbocycles. The highest BCUT2D eigenvalue weighted by Crippen LogP contribution is 2.21. The number of aldehydes is 1. The third-order valence-electron chi connectivity index (χ3n) is 3.44. The van der Waals surface area contributed by atoms with Gasteiger partial charge in [0.15, 0.2) is 6.29 Å². The molecule has 0 saturated carbocycles. The Kier molecular flexibility index (Phi) is 3.74. The first kappa shape index (κ1) is 12.0. The molecule has 4 heteroatoms. The van der Waals surface area contributed by atoms with Gasteiger partial charge in [0.1, 0.15) is 0 Å². The van der Waals surface area contributed by atoms with E-state index in [1.807, 2.05) is 12.3 Å². The third-order valence-corrected chi connectivity index (χ3v) is 3.44. The minimum Gasteiger partial charge on any atom is -0.370 e. The molecule has 4 nitrogen and oxygen atoms in total. The lowest BCUT2D eigenvalue weighted by Gasteiger charge is -2.36. The van der Waals surface area contributed by atoms with Crippen LogP contribution in [-0.2, 0) is 0 Å². The Hall–Kier alpha value is -1.42. The predicted octanol–water partition coefficient (Wildman–Crippen LogP) is 1.42. The summed E-state index contributed by atoms with van der Waals surface area (Å²) in [6.45, 7) is 2.07. The highest BCUT2D eigenvalue weighted by atomic mass is 16.1. The molecule has 1 fully saturated rings. The summed E-state index contributed by atoms with van der Waals surface area (Å²) in [6, 6.07) is 2.59. The summed E-state index contributed by atoms with van der Waals surface area (Å²) in [6.07, 6.45) is 6.62. The van der Waals surface area contributed by atoms with Crippen LogP contribution in [0.4, 0.5) is 5.69 Å². The smallest absolute Gasteiger partial charge is 0.151 e. The Morgan fingerprint density at radius 2 is 2.06 bits per heavy atom. The number of carbonyl (C=O) groups is 1. The summed E-state index contributed by atoms with van der Waals surface area (Å²) in [4.78, 5) is 19.4. The van der Waals surface area contributed by atoms with Crippen molar-refractivity contribution in [2.24, 2.45) is 0 Å². The number of rotatable bonds is 3. The maximum Gasteiger partial charge on any atom is 0.151 e. The molecule has 0 amide bonds. The van der Waals surface area contributed by atoms with Crippen LogP contribution in [0.2, 0.25) is 0 Å². The van der Waals surface area contributed by atoms with Crippen molar-refractivity contribution in [3.8, 4) is 0 Å². The van der Waals surface area contributed by atoms with E-state index >= 15 is 0 Å². The number of nitrogens with zero attached hydrogens (tertiary/aromatic N) is 3. The molecule has 1 aromatic rings. The van der Waals surface area contributed by atoms with Gasteiger partial charge in [0.05, 0.1) is 11.9 Å². The third kappa shape index (κ3) is 2.82. The first-order valence-electron chi connectivity index (χ1n) is 6.02. The monoisotopic (exact) mass is 233 g/mol. The van der Waals surface area contributed by atoms with Crippen LogP contribution < -0.4 is 4.90 Å². The number of aromatic nitrogens is 1. The van der Waals surface area contributed by atoms with Gasteiger partial charge in [0.25, 0.3) is 0 Å². The van der Waals surface area contributed by atoms with Crippen molar-refractivity contribution < 1.29 is 4.79 Å². The lowest BCUT2D eigenvalue weighted by atomic mass is 10.0. The molecule has 0 radical (unpaired) electrons. The number of anilines is 1. The number of carbonyl (C=O) groups excluding carboxylic acids is 1. The zero-order chi connectivity index (χ0) is 12.3. The van der Waals surface area contributed by atoms with Crippen molar-refractivity contribution >= 4 is 12.0 Å². The average molecular weight is 233 g/mol. The van der Waals surface area contributed by atoms with E-state index in [1.165, 1.54) is 0 Å². The standard InChI is InChI=1S/C13H19N3O/c1-15(2)12-3-5-16(6-4-12)13-7-11(10-17)8-14-9-13/h7-10,12H,3-6H2,1-2H3. The van der Waals surface area contributed by atoms with E-state index in [0.29, 0.717) is 11.6 Å². The molecule has 0 atom stereocenters. The molecule has 92 valence electrons. The van der Waals surface area contributed by atoms with Crippen molar-refractivity contribution in [3.05, 3.63) is 24.0 Å². The van der Waals surface area contributed by atoms with Gasteiger partial charge in [-0.25, -0.2) is 0 Å². The van der Waals surface area contributed by atoms with Crippen LogP contribution >= 0.6 is 0 Å². The van der Waals surface area contributed by atoms with E-state index < -0.39 is 0 Å². The predicted molar refractivity (Wildman–Crippen MR) is 68.5 cm³/mol. The van der Waals surface area contributed by atoms with Crippen LogP contribution in [-0.4, -0.2) is 49.4 Å². The van der Waals surface area contributed by atoms with Gasteiger partial charge in [-0.3, -0.25) is 9.78 Å². The fraction of sp³-hybridized carbons (Fsp3) is 0.538. The SMILES string of the molecule is CN(C)C1CCN(c2cncc(C=O)c2)CC1. The van der Waals surface area contributed by atoms with Gasteiger partial charge in [-0.05, 0) is 33.0 Å². The molecule has 1 aromatic heterocycles. The van der Waals surface area contributed by atoms with Gasteiger partial charge in [-0.2, -0.15) is 0 Å². The maximum atomic E-state index is 10.7. The van der Waals surface area contributed by atoms with Crippen LogP contribution in [0.1, 0.15) is 23.2 Å². The molecule has 0 N–H and O–H groups in total. The zero-order valence-electron chi connectivity index (χ0n) is 10.5.